The number of nitrogens with one attached hydrogen (secondary N) is 1. The van der Waals surface area contributed by atoms with Gasteiger partial charge in [-0.15, -0.1) is 0 Å². The molecule has 3 rings (SSSR count). The molecule has 2 heterocycles. The predicted octanol–water partition coefficient (Wildman–Crippen LogP) is 1.30. The minimum atomic E-state index is -3.75. The molecule has 1 aromatic carbocycles. The average molecular weight is 432 g/mol. The summed E-state index contributed by atoms with van der Waals surface area (Å²) >= 11 is 6.78. The third-order valence-corrected chi connectivity index (χ3v) is 6.93. The molecule has 2 fully saturated rings. The molecule has 0 saturated carbocycles. The highest BCUT2D eigenvalue weighted by Crippen LogP contribution is 2.26. The molecular formula is C16H18ClN3O5S2. The van der Waals surface area contributed by atoms with Crippen LogP contribution in [0.2, 0.25) is 5.02 Å². The highest BCUT2D eigenvalue weighted by Gasteiger charge is 2.40. The van der Waals surface area contributed by atoms with Gasteiger partial charge in [-0.25, -0.2) is 13.1 Å². The quantitative estimate of drug-likeness (QED) is 0.728. The van der Waals surface area contributed by atoms with Gasteiger partial charge in [0, 0.05) is 31.1 Å². The normalized spacial score (nSPS) is 20.6. The predicted molar refractivity (Wildman–Crippen MR) is 101 cm³/mol. The molecule has 146 valence electrons. The topological polar surface area (TPSA) is 104 Å². The Morgan fingerprint density at radius 2 is 2.11 bits per heavy atom. The van der Waals surface area contributed by atoms with Gasteiger partial charge in [0.25, 0.3) is 5.24 Å². The van der Waals surface area contributed by atoms with Crippen molar-refractivity contribution in [3.8, 4) is 0 Å². The van der Waals surface area contributed by atoms with Gasteiger partial charge in [-0.2, -0.15) is 0 Å². The lowest BCUT2D eigenvalue weighted by Crippen LogP contribution is -2.42. The summed E-state index contributed by atoms with van der Waals surface area (Å²) in [5.41, 5.74) is 0. The summed E-state index contributed by atoms with van der Waals surface area (Å²) in [6.07, 6.45) is 0.529. The molecule has 1 N–H and O–H groups in total. The first-order valence-electron chi connectivity index (χ1n) is 8.30. The zero-order valence-corrected chi connectivity index (χ0v) is 16.6. The molecule has 27 heavy (non-hydrogen) atoms. The van der Waals surface area contributed by atoms with Gasteiger partial charge in [0.2, 0.25) is 21.8 Å². The summed E-state index contributed by atoms with van der Waals surface area (Å²) in [7, 11) is -3.75. The Kier molecular flexibility index (Phi) is 6.09. The number of rotatable bonds is 6. The van der Waals surface area contributed by atoms with Gasteiger partial charge in [-0.05, 0) is 24.6 Å². The number of sulfonamides is 1. The SMILES string of the molecule is O=C(CCNS(=O)(=O)c1cccc(Cl)c1)N1CC[C@@H](N2C(=O)CSC2=O)C1. The van der Waals surface area contributed by atoms with E-state index in [-0.39, 0.29) is 53.3 Å². The lowest BCUT2D eigenvalue weighted by atomic mass is 10.2. The lowest BCUT2D eigenvalue weighted by molar-refractivity contribution is -0.131. The minimum absolute atomic E-state index is 0.0108. The van der Waals surface area contributed by atoms with Crippen molar-refractivity contribution in [1.29, 1.82) is 0 Å². The molecule has 1 atom stereocenters. The first kappa shape index (κ1) is 20.1. The maximum atomic E-state index is 12.3. The highest BCUT2D eigenvalue weighted by molar-refractivity contribution is 8.14. The third-order valence-electron chi connectivity index (χ3n) is 4.40. The summed E-state index contributed by atoms with van der Waals surface area (Å²) in [5.74, 6) is -0.300. The largest absolute Gasteiger partial charge is 0.340 e. The summed E-state index contributed by atoms with van der Waals surface area (Å²) in [6.45, 7) is 0.677. The van der Waals surface area contributed by atoms with E-state index in [0.717, 1.165) is 11.8 Å². The highest BCUT2D eigenvalue weighted by atomic mass is 35.5. The lowest BCUT2D eigenvalue weighted by Gasteiger charge is -2.22. The molecular weight excluding hydrogens is 414 g/mol. The Morgan fingerprint density at radius 3 is 2.78 bits per heavy atom. The Bertz CT molecular complexity index is 861. The second-order valence-corrected chi connectivity index (χ2v) is 9.34. The van der Waals surface area contributed by atoms with Crippen LogP contribution in [0.5, 0.6) is 0 Å². The molecule has 11 heteroatoms. The second-order valence-electron chi connectivity index (χ2n) is 6.21. The number of nitrogens with zero attached hydrogens (tertiary/aromatic N) is 2. The monoisotopic (exact) mass is 431 g/mol. The molecule has 3 amide bonds. The Labute approximate surface area is 166 Å². The zero-order valence-electron chi connectivity index (χ0n) is 14.3. The van der Waals surface area contributed by atoms with Crippen molar-refractivity contribution < 1.29 is 22.8 Å². The van der Waals surface area contributed by atoms with Crippen LogP contribution in [0.25, 0.3) is 0 Å². The van der Waals surface area contributed by atoms with Gasteiger partial charge in [0.15, 0.2) is 0 Å². The van der Waals surface area contributed by atoms with Crippen LogP contribution in [0.15, 0.2) is 29.2 Å². The number of amides is 3. The third kappa shape index (κ3) is 4.63. The van der Waals surface area contributed by atoms with Crippen molar-refractivity contribution >= 4 is 50.4 Å². The van der Waals surface area contributed by atoms with Crippen LogP contribution in [0.3, 0.4) is 0 Å². The van der Waals surface area contributed by atoms with Gasteiger partial charge < -0.3 is 4.90 Å². The number of carbonyl (C=O) groups is 3. The van der Waals surface area contributed by atoms with Crippen LogP contribution in [0.4, 0.5) is 4.79 Å². The van der Waals surface area contributed by atoms with Crippen LogP contribution < -0.4 is 4.72 Å². The van der Waals surface area contributed by atoms with E-state index in [1.807, 2.05) is 0 Å². The number of benzene rings is 1. The summed E-state index contributed by atoms with van der Waals surface area (Å²) in [5, 5.41) is 0.0369. The van der Waals surface area contributed by atoms with Crippen LogP contribution >= 0.6 is 23.4 Å². The first-order valence-corrected chi connectivity index (χ1v) is 11.1. The maximum absolute atomic E-state index is 12.3. The fraction of sp³-hybridized carbons (Fsp3) is 0.438. The maximum Gasteiger partial charge on any atom is 0.289 e. The summed E-state index contributed by atoms with van der Waals surface area (Å²) in [4.78, 5) is 38.7. The summed E-state index contributed by atoms with van der Waals surface area (Å²) < 4.78 is 26.8. The van der Waals surface area contributed by atoms with E-state index in [4.69, 9.17) is 11.6 Å². The fourth-order valence-corrected chi connectivity index (χ4v) is 5.17. The smallest absolute Gasteiger partial charge is 0.289 e. The molecule has 0 radical (unpaired) electrons. The molecule has 0 unspecified atom stereocenters. The number of hydrogen-bond donors (Lipinski definition) is 1. The van der Waals surface area contributed by atoms with Gasteiger partial charge in [-0.1, -0.05) is 29.4 Å². The van der Waals surface area contributed by atoms with E-state index < -0.39 is 10.0 Å². The van der Waals surface area contributed by atoms with E-state index in [2.05, 4.69) is 4.72 Å². The fourth-order valence-electron chi connectivity index (χ4n) is 3.06. The van der Waals surface area contributed by atoms with E-state index in [1.54, 1.807) is 11.0 Å². The van der Waals surface area contributed by atoms with Crippen LogP contribution in [-0.4, -0.2) is 66.7 Å². The van der Waals surface area contributed by atoms with E-state index in [0.29, 0.717) is 18.0 Å². The van der Waals surface area contributed by atoms with Gasteiger partial charge in [-0.3, -0.25) is 19.3 Å². The van der Waals surface area contributed by atoms with Crippen molar-refractivity contribution in [3.05, 3.63) is 29.3 Å². The Hall–Kier alpha value is -1.62. The molecule has 2 aliphatic heterocycles. The van der Waals surface area contributed by atoms with Crippen molar-refractivity contribution in [2.45, 2.75) is 23.8 Å². The van der Waals surface area contributed by atoms with E-state index >= 15 is 0 Å². The van der Waals surface area contributed by atoms with E-state index in [9.17, 15) is 22.8 Å². The molecule has 0 aliphatic carbocycles. The molecule has 0 spiro atoms. The number of halogens is 1. The van der Waals surface area contributed by atoms with E-state index in [1.165, 1.54) is 23.1 Å². The van der Waals surface area contributed by atoms with Crippen molar-refractivity contribution in [1.82, 2.24) is 14.5 Å². The van der Waals surface area contributed by atoms with Gasteiger partial charge >= 0.3 is 0 Å². The van der Waals surface area contributed by atoms with Gasteiger partial charge in [0.05, 0.1) is 16.7 Å². The average Bonchev–Trinajstić information content (AvgIpc) is 3.21. The number of hydrogen-bond acceptors (Lipinski definition) is 6. The molecule has 1 aromatic rings. The van der Waals surface area contributed by atoms with Crippen LogP contribution in [0, 0.1) is 0 Å². The standard InChI is InChI=1S/C16H18ClN3O5S2/c17-11-2-1-3-13(8-11)27(24,25)18-6-4-14(21)19-7-5-12(9-19)20-15(22)10-26-16(20)23/h1-3,8,12,18H,4-7,9-10H2/t12-/m1/s1. The van der Waals surface area contributed by atoms with Crippen LogP contribution in [-0.2, 0) is 19.6 Å². The van der Waals surface area contributed by atoms with Gasteiger partial charge in [0.1, 0.15) is 0 Å². The molecule has 2 aliphatic rings. The molecule has 0 bridgehead atoms. The van der Waals surface area contributed by atoms with Crippen molar-refractivity contribution in [2.75, 3.05) is 25.4 Å². The molecule has 0 aromatic heterocycles. The number of likely N-dealkylation sites (tertiary alicyclic amines) is 1. The minimum Gasteiger partial charge on any atom is -0.340 e. The number of imide groups is 1. The molecule has 8 nitrogen and oxygen atoms in total. The summed E-state index contributed by atoms with van der Waals surface area (Å²) in [6, 6.07) is 5.56. The Balaban J connectivity index is 1.50. The molecule has 2 saturated heterocycles. The number of thioether (sulfide) groups is 1. The van der Waals surface area contributed by atoms with Crippen molar-refractivity contribution in [3.63, 3.8) is 0 Å². The first-order chi connectivity index (χ1) is 12.8. The second kappa shape index (κ2) is 8.17. The number of carbonyl (C=O) groups excluding carboxylic acids is 3. The van der Waals surface area contributed by atoms with Crippen molar-refractivity contribution in [2.24, 2.45) is 0 Å². The Morgan fingerprint density at radius 1 is 1.33 bits per heavy atom. The van der Waals surface area contributed by atoms with Crippen LogP contribution in [0.1, 0.15) is 12.8 Å². The zero-order chi connectivity index (χ0) is 19.6.